The van der Waals surface area contributed by atoms with Gasteiger partial charge in [-0.05, 0) is 12.5 Å². The van der Waals surface area contributed by atoms with Gasteiger partial charge in [-0.15, -0.1) is 0 Å². The smallest absolute Gasteiger partial charge is 0.338 e. The van der Waals surface area contributed by atoms with Gasteiger partial charge in [-0.25, -0.2) is 4.79 Å². The quantitative estimate of drug-likeness (QED) is 0.768. The van der Waals surface area contributed by atoms with E-state index in [1.165, 1.54) is 0 Å². The Kier molecular flexibility index (Phi) is 4.19. The first-order valence-corrected chi connectivity index (χ1v) is 6.01. The Morgan fingerprint density at radius 1 is 1.37 bits per heavy atom. The first-order chi connectivity index (χ1) is 9.13. The van der Waals surface area contributed by atoms with Crippen LogP contribution in [0.15, 0.2) is 41.7 Å². The van der Waals surface area contributed by atoms with E-state index < -0.39 is 24.8 Å². The molecule has 0 spiro atoms. The van der Waals surface area contributed by atoms with Crippen molar-refractivity contribution in [3.8, 4) is 0 Å². The maximum atomic E-state index is 11.5. The second kappa shape index (κ2) is 5.86. The molecule has 1 heterocycles. The highest BCUT2D eigenvalue weighted by Crippen LogP contribution is 2.26. The van der Waals surface area contributed by atoms with E-state index in [1.807, 2.05) is 30.3 Å². The molecular weight excluding hydrogens is 248 g/mol. The lowest BCUT2D eigenvalue weighted by Gasteiger charge is -2.19. The standard InChI is InChI=1S/C14H16O5/c1-9-12(13(11(16)7-15)19-14(9)17)18-8-10-5-3-2-4-6-10/h2-6,11,13,15-16H,7-8H2,1H3/t11-,13+/m0/s1. The molecule has 0 bridgehead atoms. The third-order valence-corrected chi connectivity index (χ3v) is 2.94. The predicted octanol–water partition coefficient (Wildman–Crippen LogP) is 0.756. The van der Waals surface area contributed by atoms with E-state index in [0.29, 0.717) is 5.57 Å². The van der Waals surface area contributed by atoms with Crippen LogP contribution in [-0.2, 0) is 20.9 Å². The van der Waals surface area contributed by atoms with Crippen molar-refractivity contribution in [2.24, 2.45) is 0 Å². The number of rotatable bonds is 5. The topological polar surface area (TPSA) is 76.0 Å². The van der Waals surface area contributed by atoms with E-state index in [0.717, 1.165) is 5.56 Å². The maximum absolute atomic E-state index is 11.5. The zero-order chi connectivity index (χ0) is 13.8. The molecule has 0 aliphatic carbocycles. The van der Waals surface area contributed by atoms with Gasteiger partial charge in [0, 0.05) is 0 Å². The van der Waals surface area contributed by atoms with Crippen LogP contribution in [-0.4, -0.2) is 35.0 Å². The number of ether oxygens (including phenoxy) is 2. The fraction of sp³-hybridized carbons (Fsp3) is 0.357. The number of aliphatic hydroxyl groups excluding tert-OH is 2. The molecule has 1 aromatic carbocycles. The highest BCUT2D eigenvalue weighted by Gasteiger charge is 2.37. The van der Waals surface area contributed by atoms with Gasteiger partial charge >= 0.3 is 5.97 Å². The molecule has 2 atom stereocenters. The van der Waals surface area contributed by atoms with Gasteiger partial charge in [0.15, 0.2) is 11.9 Å². The van der Waals surface area contributed by atoms with E-state index in [2.05, 4.69) is 0 Å². The molecule has 0 amide bonds. The predicted molar refractivity (Wildman–Crippen MR) is 66.9 cm³/mol. The minimum absolute atomic E-state index is 0.277. The Bertz CT molecular complexity index is 480. The molecule has 5 heteroatoms. The minimum atomic E-state index is -1.17. The molecule has 2 rings (SSSR count). The first-order valence-electron chi connectivity index (χ1n) is 6.01. The highest BCUT2D eigenvalue weighted by molar-refractivity contribution is 5.91. The second-order valence-electron chi connectivity index (χ2n) is 4.34. The number of hydrogen-bond donors (Lipinski definition) is 2. The molecule has 0 aromatic heterocycles. The number of hydrogen-bond acceptors (Lipinski definition) is 5. The van der Waals surface area contributed by atoms with Crippen LogP contribution in [0.25, 0.3) is 0 Å². The van der Waals surface area contributed by atoms with Gasteiger partial charge in [0.1, 0.15) is 12.7 Å². The van der Waals surface area contributed by atoms with Crippen molar-refractivity contribution in [1.29, 1.82) is 0 Å². The van der Waals surface area contributed by atoms with Crippen LogP contribution in [0.4, 0.5) is 0 Å². The number of aliphatic hydroxyl groups is 2. The van der Waals surface area contributed by atoms with E-state index in [9.17, 15) is 9.90 Å². The summed E-state index contributed by atoms with van der Waals surface area (Å²) in [4.78, 5) is 11.5. The van der Waals surface area contributed by atoms with Crippen LogP contribution in [0.5, 0.6) is 0 Å². The third-order valence-electron chi connectivity index (χ3n) is 2.94. The van der Waals surface area contributed by atoms with Crippen LogP contribution in [0, 0.1) is 0 Å². The average molecular weight is 264 g/mol. The summed E-state index contributed by atoms with van der Waals surface area (Å²) in [6.45, 7) is 1.36. The van der Waals surface area contributed by atoms with Gasteiger partial charge in [-0.3, -0.25) is 0 Å². The number of cyclic esters (lactones) is 1. The molecule has 19 heavy (non-hydrogen) atoms. The van der Waals surface area contributed by atoms with Gasteiger partial charge in [0.05, 0.1) is 12.2 Å². The van der Waals surface area contributed by atoms with Gasteiger partial charge in [0.25, 0.3) is 0 Å². The van der Waals surface area contributed by atoms with E-state index in [1.54, 1.807) is 6.92 Å². The molecule has 1 aromatic rings. The van der Waals surface area contributed by atoms with E-state index >= 15 is 0 Å². The van der Waals surface area contributed by atoms with Crippen LogP contribution >= 0.6 is 0 Å². The Hall–Kier alpha value is -1.85. The van der Waals surface area contributed by atoms with Crippen molar-refractivity contribution < 1.29 is 24.5 Å². The molecule has 5 nitrogen and oxygen atoms in total. The lowest BCUT2D eigenvalue weighted by Crippen LogP contribution is -2.32. The van der Waals surface area contributed by atoms with Gasteiger partial charge in [-0.1, -0.05) is 30.3 Å². The lowest BCUT2D eigenvalue weighted by molar-refractivity contribution is -0.146. The molecular formula is C14H16O5. The summed E-state index contributed by atoms with van der Waals surface area (Å²) in [7, 11) is 0. The molecule has 0 fully saturated rings. The Morgan fingerprint density at radius 3 is 2.68 bits per heavy atom. The number of esters is 1. The molecule has 0 radical (unpaired) electrons. The second-order valence-corrected chi connectivity index (χ2v) is 4.34. The van der Waals surface area contributed by atoms with Gasteiger partial charge in [-0.2, -0.15) is 0 Å². The first kappa shape index (κ1) is 13.6. The largest absolute Gasteiger partial charge is 0.489 e. The monoisotopic (exact) mass is 264 g/mol. The van der Waals surface area contributed by atoms with E-state index in [-0.39, 0.29) is 12.4 Å². The van der Waals surface area contributed by atoms with Crippen molar-refractivity contribution in [2.45, 2.75) is 25.7 Å². The summed E-state index contributed by atoms with van der Waals surface area (Å²) >= 11 is 0. The molecule has 0 saturated carbocycles. The fourth-order valence-electron chi connectivity index (χ4n) is 1.85. The van der Waals surface area contributed by atoms with Crippen molar-refractivity contribution in [2.75, 3.05) is 6.61 Å². The summed E-state index contributed by atoms with van der Waals surface area (Å²) in [6.07, 6.45) is -2.10. The molecule has 1 aliphatic rings. The third kappa shape index (κ3) is 2.94. The van der Waals surface area contributed by atoms with Crippen LogP contribution in [0.2, 0.25) is 0 Å². The average Bonchev–Trinajstić information content (AvgIpc) is 2.73. The maximum Gasteiger partial charge on any atom is 0.338 e. The molecule has 2 N–H and O–H groups in total. The molecule has 1 aliphatic heterocycles. The Labute approximate surface area is 111 Å². The minimum Gasteiger partial charge on any atom is -0.489 e. The van der Waals surface area contributed by atoms with E-state index in [4.69, 9.17) is 14.6 Å². The zero-order valence-electron chi connectivity index (χ0n) is 10.6. The van der Waals surface area contributed by atoms with Crippen molar-refractivity contribution in [1.82, 2.24) is 0 Å². The summed E-state index contributed by atoms with van der Waals surface area (Å²) in [6, 6.07) is 9.46. The normalized spacial score (nSPS) is 20.4. The summed E-state index contributed by atoms with van der Waals surface area (Å²) in [5, 5.41) is 18.6. The number of benzene rings is 1. The summed E-state index contributed by atoms with van der Waals surface area (Å²) in [5.74, 6) is -0.240. The van der Waals surface area contributed by atoms with Gasteiger partial charge < -0.3 is 19.7 Å². The zero-order valence-corrected chi connectivity index (χ0v) is 10.6. The van der Waals surface area contributed by atoms with Crippen LogP contribution in [0.1, 0.15) is 12.5 Å². The fourth-order valence-corrected chi connectivity index (χ4v) is 1.85. The van der Waals surface area contributed by atoms with Crippen molar-refractivity contribution in [3.63, 3.8) is 0 Å². The summed E-state index contributed by atoms with van der Waals surface area (Å²) < 4.78 is 10.5. The Balaban J connectivity index is 2.09. The SMILES string of the molecule is CC1=C(OCc2ccccc2)[C@@H]([C@@H](O)CO)OC1=O. The summed E-state index contributed by atoms with van der Waals surface area (Å²) in [5.41, 5.74) is 1.27. The van der Waals surface area contributed by atoms with Crippen LogP contribution < -0.4 is 0 Å². The van der Waals surface area contributed by atoms with Gasteiger partial charge in [0.2, 0.25) is 0 Å². The Morgan fingerprint density at radius 2 is 2.05 bits per heavy atom. The molecule has 0 unspecified atom stereocenters. The van der Waals surface area contributed by atoms with Crippen LogP contribution in [0.3, 0.4) is 0 Å². The lowest BCUT2D eigenvalue weighted by atomic mass is 10.1. The van der Waals surface area contributed by atoms with Crippen molar-refractivity contribution >= 4 is 5.97 Å². The molecule has 0 saturated heterocycles. The number of carbonyl (C=O) groups excluding carboxylic acids is 1. The highest BCUT2D eigenvalue weighted by atomic mass is 16.6. The van der Waals surface area contributed by atoms with Crippen molar-refractivity contribution in [3.05, 3.63) is 47.2 Å². The number of carbonyl (C=O) groups is 1. The molecule has 102 valence electrons.